The lowest BCUT2D eigenvalue weighted by molar-refractivity contribution is 0.0764. The highest BCUT2D eigenvalue weighted by Gasteiger charge is 2.31. The van der Waals surface area contributed by atoms with Crippen LogP contribution in [0, 0.1) is 0 Å². The zero-order valence-electron chi connectivity index (χ0n) is 15.4. The average Bonchev–Trinajstić information content (AvgIpc) is 3.03. The first-order valence-corrected chi connectivity index (χ1v) is 12.0. The van der Waals surface area contributed by atoms with Gasteiger partial charge in [-0.25, -0.2) is 0 Å². The number of rotatable bonds is 7. The molecule has 0 aromatic carbocycles. The highest BCUT2D eigenvalue weighted by atomic mass is 32.2. The van der Waals surface area contributed by atoms with Crippen LogP contribution in [0.4, 0.5) is 0 Å². The molecule has 1 fully saturated rings. The minimum atomic E-state index is 0.145. The lowest BCUT2D eigenvalue weighted by Gasteiger charge is -2.27. The maximum Gasteiger partial charge on any atom is 0.274 e. The summed E-state index contributed by atoms with van der Waals surface area (Å²) < 4.78 is 2.06. The van der Waals surface area contributed by atoms with Gasteiger partial charge >= 0.3 is 0 Å². The van der Waals surface area contributed by atoms with E-state index in [4.69, 9.17) is 5.10 Å². The largest absolute Gasteiger partial charge is 0.336 e. The summed E-state index contributed by atoms with van der Waals surface area (Å²) in [4.78, 5) is 15.0. The number of hydrogen-bond donors (Lipinski definition) is 1. The first-order chi connectivity index (χ1) is 12.2. The molecule has 0 spiro atoms. The topological polar surface area (TPSA) is 50.2 Å². The molecule has 1 N–H and O–H groups in total. The molecule has 0 radical (unpaired) electrons. The van der Waals surface area contributed by atoms with E-state index in [1.165, 1.54) is 23.4 Å². The monoisotopic (exact) mass is 382 g/mol. The Morgan fingerprint density at radius 3 is 2.92 bits per heavy atom. The van der Waals surface area contributed by atoms with Crippen LogP contribution in [0.3, 0.4) is 0 Å². The van der Waals surface area contributed by atoms with Crippen LogP contribution in [0.5, 0.6) is 0 Å². The van der Waals surface area contributed by atoms with Gasteiger partial charge < -0.3 is 10.2 Å². The van der Waals surface area contributed by atoms with Crippen LogP contribution in [0.25, 0.3) is 0 Å². The Morgan fingerprint density at radius 2 is 2.20 bits per heavy atom. The van der Waals surface area contributed by atoms with Gasteiger partial charge in [-0.1, -0.05) is 0 Å². The predicted molar refractivity (Wildman–Crippen MR) is 108 cm³/mol. The summed E-state index contributed by atoms with van der Waals surface area (Å²) in [5.74, 6) is 3.44. The Kier molecular flexibility index (Phi) is 7.13. The Labute approximate surface area is 159 Å². The summed E-state index contributed by atoms with van der Waals surface area (Å²) in [6.45, 7) is 5.74. The minimum absolute atomic E-state index is 0.145. The van der Waals surface area contributed by atoms with Gasteiger partial charge in [0.25, 0.3) is 5.91 Å². The Morgan fingerprint density at radius 1 is 1.40 bits per heavy atom. The van der Waals surface area contributed by atoms with Gasteiger partial charge in [0.15, 0.2) is 5.69 Å². The van der Waals surface area contributed by atoms with Crippen LogP contribution in [-0.2, 0) is 19.4 Å². The van der Waals surface area contributed by atoms with Gasteiger partial charge in [0.2, 0.25) is 0 Å². The Bertz CT molecular complexity index is 584. The standard InChI is InChI=1S/C18H30N4OS2/c1-3-22-16-6-5-14(19-7-4-10-24-2)13-15(16)17(20-22)18(23)21-8-11-25-12-9-21/h14,19H,3-13H2,1-2H3. The second kappa shape index (κ2) is 9.33. The molecule has 1 saturated heterocycles. The molecule has 140 valence electrons. The minimum Gasteiger partial charge on any atom is -0.336 e. The summed E-state index contributed by atoms with van der Waals surface area (Å²) in [6, 6.07) is 0.479. The molecule has 25 heavy (non-hydrogen) atoms. The van der Waals surface area contributed by atoms with Crippen molar-refractivity contribution in [2.75, 3.05) is 43.1 Å². The summed E-state index contributed by atoms with van der Waals surface area (Å²) in [6.07, 6.45) is 6.47. The smallest absolute Gasteiger partial charge is 0.274 e. The van der Waals surface area contributed by atoms with Gasteiger partial charge in [-0.15, -0.1) is 0 Å². The van der Waals surface area contributed by atoms with Crippen LogP contribution in [0.2, 0.25) is 0 Å². The van der Waals surface area contributed by atoms with Crippen molar-refractivity contribution in [3.05, 3.63) is 17.0 Å². The molecule has 0 saturated carbocycles. The molecular weight excluding hydrogens is 352 g/mol. The zero-order chi connectivity index (χ0) is 17.6. The number of carbonyl (C=O) groups excluding carboxylic acids is 1. The summed E-state index contributed by atoms with van der Waals surface area (Å²) in [7, 11) is 0. The number of thioether (sulfide) groups is 2. The van der Waals surface area contributed by atoms with Crippen LogP contribution >= 0.6 is 23.5 Å². The molecule has 1 aromatic rings. The van der Waals surface area contributed by atoms with Crippen LogP contribution in [0.1, 0.15) is 41.5 Å². The molecule has 1 amide bonds. The number of nitrogens with one attached hydrogen (secondary N) is 1. The highest BCUT2D eigenvalue weighted by molar-refractivity contribution is 7.99. The number of carbonyl (C=O) groups is 1. The van der Waals surface area contributed by atoms with Crippen molar-refractivity contribution in [1.82, 2.24) is 20.0 Å². The number of aryl methyl sites for hydroxylation is 1. The molecule has 1 aromatic heterocycles. The third-order valence-electron chi connectivity index (χ3n) is 5.11. The maximum atomic E-state index is 13.0. The molecule has 5 nitrogen and oxygen atoms in total. The maximum absolute atomic E-state index is 13.0. The van der Waals surface area contributed by atoms with Gasteiger partial charge in [-0.2, -0.15) is 28.6 Å². The van der Waals surface area contributed by atoms with Gasteiger partial charge in [-0.3, -0.25) is 9.48 Å². The van der Waals surface area contributed by atoms with E-state index in [1.54, 1.807) is 0 Å². The first-order valence-electron chi connectivity index (χ1n) is 9.42. The van der Waals surface area contributed by atoms with Gasteiger partial charge in [0.1, 0.15) is 0 Å². The number of aromatic nitrogens is 2. The van der Waals surface area contributed by atoms with Crippen molar-refractivity contribution in [2.24, 2.45) is 0 Å². The van der Waals surface area contributed by atoms with E-state index in [0.29, 0.717) is 6.04 Å². The van der Waals surface area contributed by atoms with E-state index in [2.05, 4.69) is 23.2 Å². The van der Waals surface area contributed by atoms with Crippen LogP contribution in [-0.4, -0.2) is 69.8 Å². The van der Waals surface area contributed by atoms with E-state index in [-0.39, 0.29) is 5.91 Å². The van der Waals surface area contributed by atoms with Crippen molar-refractivity contribution < 1.29 is 4.79 Å². The second-order valence-corrected chi connectivity index (χ2v) is 8.94. The Hall–Kier alpha value is -0.660. The molecule has 7 heteroatoms. The van der Waals surface area contributed by atoms with E-state index in [1.807, 2.05) is 28.4 Å². The highest BCUT2D eigenvalue weighted by Crippen LogP contribution is 2.26. The molecule has 1 unspecified atom stereocenters. The van der Waals surface area contributed by atoms with Crippen molar-refractivity contribution >= 4 is 29.4 Å². The summed E-state index contributed by atoms with van der Waals surface area (Å²) in [5.41, 5.74) is 3.22. The third kappa shape index (κ3) is 4.55. The van der Waals surface area contributed by atoms with Crippen molar-refractivity contribution in [3.63, 3.8) is 0 Å². The van der Waals surface area contributed by atoms with Gasteiger partial charge in [-0.05, 0) is 51.2 Å². The number of fused-ring (bicyclic) bond motifs is 1. The summed E-state index contributed by atoms with van der Waals surface area (Å²) >= 11 is 3.83. The average molecular weight is 383 g/mol. The normalized spacial score (nSPS) is 20.6. The fourth-order valence-corrected chi connectivity index (χ4v) is 5.07. The van der Waals surface area contributed by atoms with Gasteiger partial charge in [0.05, 0.1) is 0 Å². The molecule has 1 aliphatic heterocycles. The van der Waals surface area contributed by atoms with Crippen LogP contribution in [0.15, 0.2) is 0 Å². The van der Waals surface area contributed by atoms with E-state index < -0.39 is 0 Å². The third-order valence-corrected chi connectivity index (χ3v) is 6.74. The number of nitrogens with zero attached hydrogens (tertiary/aromatic N) is 3. The zero-order valence-corrected chi connectivity index (χ0v) is 17.1. The molecule has 0 bridgehead atoms. The number of hydrogen-bond acceptors (Lipinski definition) is 5. The fraction of sp³-hybridized carbons (Fsp3) is 0.778. The quantitative estimate of drug-likeness (QED) is 0.733. The van der Waals surface area contributed by atoms with E-state index in [9.17, 15) is 4.79 Å². The molecule has 1 atom stereocenters. The molecule has 3 rings (SSSR count). The second-order valence-electron chi connectivity index (χ2n) is 6.73. The fourth-order valence-electron chi connectivity index (χ4n) is 3.73. The molecule has 2 heterocycles. The molecule has 1 aliphatic carbocycles. The summed E-state index contributed by atoms with van der Waals surface area (Å²) in [5, 5.41) is 8.41. The van der Waals surface area contributed by atoms with Gasteiger partial charge in [0, 0.05) is 48.4 Å². The van der Waals surface area contributed by atoms with E-state index in [0.717, 1.165) is 62.6 Å². The molecular formula is C18H30N4OS2. The predicted octanol–water partition coefficient (Wildman–Crippen LogP) is 2.29. The Balaban J connectivity index is 1.72. The van der Waals surface area contributed by atoms with E-state index >= 15 is 0 Å². The molecule has 2 aliphatic rings. The lowest BCUT2D eigenvalue weighted by atomic mass is 9.91. The first kappa shape index (κ1) is 19.1. The number of amides is 1. The SMILES string of the molecule is CCn1nc(C(=O)N2CCSCC2)c2c1CCC(NCCCSC)C2. The van der Waals surface area contributed by atoms with Crippen molar-refractivity contribution in [3.8, 4) is 0 Å². The van der Waals surface area contributed by atoms with Crippen molar-refractivity contribution in [2.45, 2.75) is 45.2 Å². The van der Waals surface area contributed by atoms with Crippen molar-refractivity contribution in [1.29, 1.82) is 0 Å². The van der Waals surface area contributed by atoms with Crippen LogP contribution < -0.4 is 5.32 Å². The lowest BCUT2D eigenvalue weighted by Crippen LogP contribution is -2.39.